The van der Waals surface area contributed by atoms with E-state index in [9.17, 15) is 4.79 Å². The lowest BCUT2D eigenvalue weighted by Gasteiger charge is -2.16. The van der Waals surface area contributed by atoms with Crippen LogP contribution >= 0.6 is 11.8 Å². The molecule has 4 rings (SSSR count). The molecular weight excluding hydrogens is 396 g/mol. The van der Waals surface area contributed by atoms with Gasteiger partial charge in [0.05, 0.1) is 13.7 Å². The highest BCUT2D eigenvalue weighted by Crippen LogP contribution is 2.36. The maximum atomic E-state index is 13.3. The fourth-order valence-electron chi connectivity index (χ4n) is 3.04. The first-order valence-electron chi connectivity index (χ1n) is 9.44. The van der Waals surface area contributed by atoms with Crippen LogP contribution in [0.4, 0.5) is 0 Å². The fraction of sp³-hybridized carbons (Fsp3) is 0.130. The third-order valence-corrected chi connectivity index (χ3v) is 5.84. The van der Waals surface area contributed by atoms with E-state index in [1.807, 2.05) is 84.9 Å². The number of ether oxygens (including phenoxy) is 1. The number of nitrogens with zero attached hydrogens (tertiary/aromatic N) is 4. The van der Waals surface area contributed by atoms with Crippen LogP contribution in [-0.2, 0) is 6.54 Å². The summed E-state index contributed by atoms with van der Waals surface area (Å²) in [6.07, 6.45) is 0. The molecule has 0 aliphatic rings. The van der Waals surface area contributed by atoms with Gasteiger partial charge in [-0.05, 0) is 33.7 Å². The fourth-order valence-corrected chi connectivity index (χ4v) is 4.10. The Morgan fingerprint density at radius 2 is 1.63 bits per heavy atom. The predicted octanol–water partition coefficient (Wildman–Crippen LogP) is 4.45. The third-order valence-electron chi connectivity index (χ3n) is 4.61. The molecule has 0 aliphatic heterocycles. The summed E-state index contributed by atoms with van der Waals surface area (Å²) in [6, 6.07) is 26.8. The minimum atomic E-state index is -0.450. The molecule has 0 spiro atoms. The number of hydrogen-bond acceptors (Lipinski definition) is 6. The Morgan fingerprint density at radius 1 is 0.967 bits per heavy atom. The van der Waals surface area contributed by atoms with Gasteiger partial charge in [0.2, 0.25) is 5.16 Å². The minimum absolute atomic E-state index is 0.0193. The first-order valence-corrected chi connectivity index (χ1v) is 10.3. The van der Waals surface area contributed by atoms with Gasteiger partial charge in [0, 0.05) is 5.56 Å². The molecule has 0 fully saturated rings. The molecule has 0 saturated heterocycles. The van der Waals surface area contributed by atoms with Crippen molar-refractivity contribution in [2.45, 2.75) is 17.0 Å². The minimum Gasteiger partial charge on any atom is -0.497 e. The van der Waals surface area contributed by atoms with Gasteiger partial charge in [0.1, 0.15) is 11.0 Å². The van der Waals surface area contributed by atoms with Crippen molar-refractivity contribution in [2.75, 3.05) is 7.11 Å². The van der Waals surface area contributed by atoms with Gasteiger partial charge in [-0.15, -0.1) is 5.10 Å². The second kappa shape index (κ2) is 9.37. The third kappa shape index (κ3) is 4.58. The molecule has 0 amide bonds. The van der Waals surface area contributed by atoms with E-state index in [1.165, 1.54) is 11.8 Å². The molecule has 1 aromatic heterocycles. The summed E-state index contributed by atoms with van der Waals surface area (Å²) in [6.45, 7) is 0.500. The topological polar surface area (TPSA) is 69.9 Å². The molecule has 0 N–H and O–H groups in total. The van der Waals surface area contributed by atoms with E-state index >= 15 is 0 Å². The average molecular weight is 417 g/mol. The summed E-state index contributed by atoms with van der Waals surface area (Å²) in [4.78, 5) is 13.3. The summed E-state index contributed by atoms with van der Waals surface area (Å²) >= 11 is 1.36. The molecule has 0 bridgehead atoms. The van der Waals surface area contributed by atoms with Crippen molar-refractivity contribution in [1.29, 1.82) is 0 Å². The number of ketones is 1. The molecular formula is C23H20N4O2S. The Hall–Kier alpha value is -3.45. The lowest BCUT2D eigenvalue weighted by atomic mass is 10.0. The van der Waals surface area contributed by atoms with E-state index in [0.29, 0.717) is 17.3 Å². The van der Waals surface area contributed by atoms with Crippen LogP contribution in [0.25, 0.3) is 0 Å². The molecule has 30 heavy (non-hydrogen) atoms. The van der Waals surface area contributed by atoms with Crippen molar-refractivity contribution in [3.05, 3.63) is 102 Å². The van der Waals surface area contributed by atoms with E-state index in [2.05, 4.69) is 15.5 Å². The lowest BCUT2D eigenvalue weighted by molar-refractivity contribution is 0.0989. The van der Waals surface area contributed by atoms with Crippen LogP contribution in [0.3, 0.4) is 0 Å². The zero-order chi connectivity index (χ0) is 20.8. The van der Waals surface area contributed by atoms with E-state index in [0.717, 1.165) is 16.9 Å². The number of aromatic nitrogens is 4. The maximum absolute atomic E-state index is 13.3. The van der Waals surface area contributed by atoms with Gasteiger partial charge in [0.15, 0.2) is 5.78 Å². The molecule has 4 aromatic rings. The Balaban J connectivity index is 1.61. The monoisotopic (exact) mass is 416 g/mol. The van der Waals surface area contributed by atoms with E-state index < -0.39 is 5.25 Å². The van der Waals surface area contributed by atoms with Crippen LogP contribution in [0, 0.1) is 0 Å². The number of tetrazole rings is 1. The van der Waals surface area contributed by atoms with E-state index in [4.69, 9.17) is 4.74 Å². The largest absolute Gasteiger partial charge is 0.497 e. The normalized spacial score (nSPS) is 11.8. The highest BCUT2D eigenvalue weighted by molar-refractivity contribution is 8.00. The van der Waals surface area contributed by atoms with Gasteiger partial charge in [-0.1, -0.05) is 84.6 Å². The van der Waals surface area contributed by atoms with Gasteiger partial charge < -0.3 is 4.74 Å². The van der Waals surface area contributed by atoms with Crippen LogP contribution in [0.15, 0.2) is 90.1 Å². The Morgan fingerprint density at radius 3 is 2.30 bits per heavy atom. The van der Waals surface area contributed by atoms with E-state index in [1.54, 1.807) is 11.8 Å². The Kier molecular flexibility index (Phi) is 6.20. The molecule has 0 saturated carbocycles. The molecule has 7 heteroatoms. The van der Waals surface area contributed by atoms with Gasteiger partial charge in [-0.3, -0.25) is 4.79 Å². The smallest absolute Gasteiger partial charge is 0.210 e. The van der Waals surface area contributed by atoms with Crippen molar-refractivity contribution in [2.24, 2.45) is 0 Å². The summed E-state index contributed by atoms with van der Waals surface area (Å²) in [7, 11) is 1.64. The average Bonchev–Trinajstić information content (AvgIpc) is 3.25. The summed E-state index contributed by atoms with van der Waals surface area (Å²) in [5.41, 5.74) is 2.61. The number of thioether (sulfide) groups is 1. The van der Waals surface area contributed by atoms with Gasteiger partial charge in [-0.25, -0.2) is 4.68 Å². The second-order valence-electron chi connectivity index (χ2n) is 6.61. The molecule has 6 nitrogen and oxygen atoms in total. The van der Waals surface area contributed by atoms with Crippen LogP contribution in [-0.4, -0.2) is 33.1 Å². The molecule has 1 atom stereocenters. The zero-order valence-corrected chi connectivity index (χ0v) is 17.2. The first-order chi connectivity index (χ1) is 14.7. The quantitative estimate of drug-likeness (QED) is 0.312. The number of hydrogen-bond donors (Lipinski definition) is 0. The summed E-state index contributed by atoms with van der Waals surface area (Å²) < 4.78 is 6.92. The molecule has 150 valence electrons. The highest BCUT2D eigenvalue weighted by Gasteiger charge is 2.26. The first kappa shape index (κ1) is 19.8. The maximum Gasteiger partial charge on any atom is 0.210 e. The zero-order valence-electron chi connectivity index (χ0n) is 16.4. The molecule has 1 heterocycles. The number of carbonyl (C=O) groups excluding carboxylic acids is 1. The second-order valence-corrected chi connectivity index (χ2v) is 7.68. The number of rotatable bonds is 8. The van der Waals surface area contributed by atoms with Crippen LogP contribution in [0.5, 0.6) is 5.75 Å². The molecule has 3 aromatic carbocycles. The molecule has 0 aliphatic carbocycles. The van der Waals surface area contributed by atoms with Crippen LogP contribution < -0.4 is 4.74 Å². The van der Waals surface area contributed by atoms with Crippen molar-refractivity contribution in [1.82, 2.24) is 20.2 Å². The number of methoxy groups -OCH3 is 1. The highest BCUT2D eigenvalue weighted by atomic mass is 32.2. The van der Waals surface area contributed by atoms with Crippen LogP contribution in [0.2, 0.25) is 0 Å². The summed E-state index contributed by atoms with van der Waals surface area (Å²) in [5.74, 6) is 0.813. The number of Topliss-reactive ketones (excluding diaryl/α,β-unsaturated/α-hetero) is 1. The Labute approximate surface area is 178 Å². The lowest BCUT2D eigenvalue weighted by Crippen LogP contribution is -2.12. The molecule has 0 radical (unpaired) electrons. The van der Waals surface area contributed by atoms with Crippen LogP contribution in [0.1, 0.15) is 26.7 Å². The van der Waals surface area contributed by atoms with Gasteiger partial charge >= 0.3 is 0 Å². The predicted molar refractivity (Wildman–Crippen MR) is 116 cm³/mol. The SMILES string of the molecule is COc1ccc(Cn2nnnc2S[C@@H](C(=O)c2ccccc2)c2ccccc2)cc1. The number of carbonyl (C=O) groups is 1. The van der Waals surface area contributed by atoms with Crippen molar-refractivity contribution < 1.29 is 9.53 Å². The van der Waals surface area contributed by atoms with Gasteiger partial charge in [0.25, 0.3) is 0 Å². The molecule has 0 unspecified atom stereocenters. The van der Waals surface area contributed by atoms with Crippen molar-refractivity contribution in [3.63, 3.8) is 0 Å². The summed E-state index contributed by atoms with van der Waals surface area (Å²) in [5, 5.41) is 12.3. The van der Waals surface area contributed by atoms with Gasteiger partial charge in [-0.2, -0.15) is 0 Å². The van der Waals surface area contributed by atoms with Crippen molar-refractivity contribution in [3.8, 4) is 5.75 Å². The number of benzene rings is 3. The Bertz CT molecular complexity index is 1100. The van der Waals surface area contributed by atoms with E-state index in [-0.39, 0.29) is 5.78 Å². The standard InChI is InChI=1S/C23H20N4O2S/c1-29-20-14-12-17(13-15-20)16-27-23(24-25-26-27)30-22(19-10-6-3-7-11-19)21(28)18-8-4-2-5-9-18/h2-15,22H,16H2,1H3/t22-/m1/s1. The van der Waals surface area contributed by atoms with Crippen molar-refractivity contribution >= 4 is 17.5 Å².